The van der Waals surface area contributed by atoms with Crippen molar-refractivity contribution in [1.29, 1.82) is 0 Å². The third-order valence-corrected chi connectivity index (χ3v) is 4.08. The number of nitrogens with one attached hydrogen (secondary N) is 1. The predicted molar refractivity (Wildman–Crippen MR) is 87.2 cm³/mol. The van der Waals surface area contributed by atoms with Crippen molar-refractivity contribution in [2.75, 3.05) is 11.9 Å². The molecule has 1 aliphatic rings. The van der Waals surface area contributed by atoms with Crippen LogP contribution in [-0.2, 0) is 6.42 Å². The molecule has 2 aromatic rings. The zero-order valence-corrected chi connectivity index (χ0v) is 12.4. The maximum atomic E-state index is 3.56. The van der Waals surface area contributed by atoms with Gasteiger partial charge in [0, 0.05) is 12.2 Å². The molecule has 0 bridgehead atoms. The second-order valence-corrected chi connectivity index (χ2v) is 6.17. The molecule has 0 spiro atoms. The minimum Gasteiger partial charge on any atom is -0.385 e. The Morgan fingerprint density at radius 2 is 1.80 bits per heavy atom. The molecule has 1 aliphatic carbocycles. The minimum atomic E-state index is 0.798. The third kappa shape index (κ3) is 2.72. The van der Waals surface area contributed by atoms with Gasteiger partial charge in [0.15, 0.2) is 0 Å². The highest BCUT2D eigenvalue weighted by Crippen LogP contribution is 2.37. The van der Waals surface area contributed by atoms with E-state index in [2.05, 4.69) is 61.6 Å². The molecular formula is C19H23N. The Balaban J connectivity index is 1.68. The molecule has 20 heavy (non-hydrogen) atoms. The molecule has 0 amide bonds. The van der Waals surface area contributed by atoms with Crippen LogP contribution < -0.4 is 5.32 Å². The van der Waals surface area contributed by atoms with E-state index in [0.717, 1.165) is 18.9 Å². The molecule has 0 aliphatic heterocycles. The van der Waals surface area contributed by atoms with Gasteiger partial charge in [-0.25, -0.2) is 0 Å². The number of fused-ring (bicyclic) bond motifs is 3. The summed E-state index contributed by atoms with van der Waals surface area (Å²) in [4.78, 5) is 0. The molecule has 1 N–H and O–H groups in total. The lowest BCUT2D eigenvalue weighted by Crippen LogP contribution is -2.03. The Bertz CT molecular complexity index is 598. The molecule has 0 radical (unpaired) electrons. The summed E-state index contributed by atoms with van der Waals surface area (Å²) < 4.78 is 0. The van der Waals surface area contributed by atoms with E-state index in [4.69, 9.17) is 0 Å². The van der Waals surface area contributed by atoms with E-state index in [1.54, 1.807) is 0 Å². The summed E-state index contributed by atoms with van der Waals surface area (Å²) in [6.07, 6.45) is 3.62. The largest absolute Gasteiger partial charge is 0.385 e. The first-order chi connectivity index (χ1) is 9.74. The fourth-order valence-corrected chi connectivity index (χ4v) is 3.00. The molecule has 0 atom stereocenters. The molecule has 2 aromatic carbocycles. The van der Waals surface area contributed by atoms with Crippen LogP contribution in [0.1, 0.15) is 37.8 Å². The summed E-state index contributed by atoms with van der Waals surface area (Å²) in [5, 5.41) is 3.56. The van der Waals surface area contributed by atoms with Gasteiger partial charge in [0.1, 0.15) is 0 Å². The normalized spacial score (nSPS) is 12.3. The first-order valence-corrected chi connectivity index (χ1v) is 7.69. The molecule has 0 saturated carbocycles. The second kappa shape index (κ2) is 5.70. The van der Waals surface area contributed by atoms with Crippen molar-refractivity contribution < 1.29 is 0 Å². The highest BCUT2D eigenvalue weighted by atomic mass is 14.9. The Hall–Kier alpha value is -1.76. The average Bonchev–Trinajstić information content (AvgIpc) is 2.81. The maximum absolute atomic E-state index is 3.56. The highest BCUT2D eigenvalue weighted by molar-refractivity contribution is 5.78. The summed E-state index contributed by atoms with van der Waals surface area (Å²) in [5.74, 6) is 0.798. The van der Waals surface area contributed by atoms with E-state index in [9.17, 15) is 0 Å². The monoisotopic (exact) mass is 265 g/mol. The summed E-state index contributed by atoms with van der Waals surface area (Å²) in [7, 11) is 0. The first-order valence-electron chi connectivity index (χ1n) is 7.69. The van der Waals surface area contributed by atoms with Crippen LogP contribution in [0.3, 0.4) is 0 Å². The van der Waals surface area contributed by atoms with Gasteiger partial charge in [-0.1, -0.05) is 44.2 Å². The molecule has 0 unspecified atom stereocenters. The molecule has 1 heteroatoms. The quantitative estimate of drug-likeness (QED) is 0.632. The van der Waals surface area contributed by atoms with E-state index in [0.29, 0.717) is 0 Å². The molecule has 0 fully saturated rings. The lowest BCUT2D eigenvalue weighted by atomic mass is 10.1. The Kier molecular flexibility index (Phi) is 3.77. The van der Waals surface area contributed by atoms with Gasteiger partial charge in [0.2, 0.25) is 0 Å². The standard InChI is InChI=1S/C19H23N/c1-14(2)6-5-11-20-17-9-10-19-16(13-17)12-15-7-3-4-8-18(15)19/h3-4,7-10,13-14,20H,5-6,11-12H2,1-2H3. The Morgan fingerprint density at radius 1 is 1.00 bits per heavy atom. The zero-order chi connectivity index (χ0) is 13.9. The lowest BCUT2D eigenvalue weighted by molar-refractivity contribution is 0.567. The van der Waals surface area contributed by atoms with Gasteiger partial charge in [-0.15, -0.1) is 0 Å². The second-order valence-electron chi connectivity index (χ2n) is 6.17. The molecule has 0 heterocycles. The van der Waals surface area contributed by atoms with Crippen molar-refractivity contribution in [2.45, 2.75) is 33.1 Å². The van der Waals surface area contributed by atoms with E-state index in [1.807, 2.05) is 0 Å². The number of hydrogen-bond acceptors (Lipinski definition) is 1. The fourth-order valence-electron chi connectivity index (χ4n) is 3.00. The number of hydrogen-bond donors (Lipinski definition) is 1. The van der Waals surface area contributed by atoms with Crippen LogP contribution in [-0.4, -0.2) is 6.54 Å². The van der Waals surface area contributed by atoms with E-state index >= 15 is 0 Å². The predicted octanol–water partition coefficient (Wildman–Crippen LogP) is 5.11. The van der Waals surface area contributed by atoms with Gasteiger partial charge in [-0.05, 0) is 59.6 Å². The topological polar surface area (TPSA) is 12.0 Å². The van der Waals surface area contributed by atoms with Gasteiger partial charge in [0.05, 0.1) is 0 Å². The van der Waals surface area contributed by atoms with Gasteiger partial charge >= 0.3 is 0 Å². The van der Waals surface area contributed by atoms with Gasteiger partial charge in [-0.2, -0.15) is 0 Å². The van der Waals surface area contributed by atoms with Crippen LogP contribution in [0.15, 0.2) is 42.5 Å². The van der Waals surface area contributed by atoms with E-state index in [-0.39, 0.29) is 0 Å². The van der Waals surface area contributed by atoms with Crippen molar-refractivity contribution in [2.24, 2.45) is 5.92 Å². The molecule has 3 rings (SSSR count). The summed E-state index contributed by atoms with van der Waals surface area (Å²) in [6.45, 7) is 5.64. The van der Waals surface area contributed by atoms with Crippen LogP contribution in [0.2, 0.25) is 0 Å². The van der Waals surface area contributed by atoms with E-state index < -0.39 is 0 Å². The van der Waals surface area contributed by atoms with Crippen molar-refractivity contribution >= 4 is 5.69 Å². The average molecular weight is 265 g/mol. The minimum absolute atomic E-state index is 0.798. The van der Waals surface area contributed by atoms with Crippen molar-refractivity contribution in [3.63, 3.8) is 0 Å². The van der Waals surface area contributed by atoms with Crippen LogP contribution >= 0.6 is 0 Å². The SMILES string of the molecule is CC(C)CCCNc1ccc2c(c1)Cc1ccccc1-2. The molecule has 1 nitrogen and oxygen atoms in total. The van der Waals surface area contributed by atoms with Gasteiger partial charge in [0.25, 0.3) is 0 Å². The highest BCUT2D eigenvalue weighted by Gasteiger charge is 2.17. The maximum Gasteiger partial charge on any atom is 0.0343 e. The third-order valence-electron chi connectivity index (χ3n) is 4.08. The number of rotatable bonds is 5. The lowest BCUT2D eigenvalue weighted by Gasteiger charge is -2.09. The van der Waals surface area contributed by atoms with Crippen LogP contribution in [0.5, 0.6) is 0 Å². The Labute approximate surface area is 122 Å². The van der Waals surface area contributed by atoms with Crippen molar-refractivity contribution in [3.8, 4) is 11.1 Å². The first kappa shape index (κ1) is 13.2. The van der Waals surface area contributed by atoms with Gasteiger partial charge in [-0.3, -0.25) is 0 Å². The molecule has 104 valence electrons. The van der Waals surface area contributed by atoms with E-state index in [1.165, 1.54) is 40.8 Å². The van der Waals surface area contributed by atoms with Crippen LogP contribution in [0.4, 0.5) is 5.69 Å². The van der Waals surface area contributed by atoms with Crippen molar-refractivity contribution in [3.05, 3.63) is 53.6 Å². The summed E-state index contributed by atoms with van der Waals surface area (Å²) in [6, 6.07) is 15.6. The van der Waals surface area contributed by atoms with Crippen LogP contribution in [0.25, 0.3) is 11.1 Å². The summed E-state index contributed by atoms with van der Waals surface area (Å²) >= 11 is 0. The number of benzene rings is 2. The number of anilines is 1. The summed E-state index contributed by atoms with van der Waals surface area (Å²) in [5.41, 5.74) is 7.00. The van der Waals surface area contributed by atoms with Crippen LogP contribution in [0, 0.1) is 5.92 Å². The molecular weight excluding hydrogens is 242 g/mol. The van der Waals surface area contributed by atoms with Crippen molar-refractivity contribution in [1.82, 2.24) is 0 Å². The zero-order valence-electron chi connectivity index (χ0n) is 12.4. The molecule has 0 saturated heterocycles. The Morgan fingerprint density at radius 3 is 2.65 bits per heavy atom. The van der Waals surface area contributed by atoms with Gasteiger partial charge < -0.3 is 5.32 Å². The molecule has 0 aromatic heterocycles. The smallest absolute Gasteiger partial charge is 0.0343 e. The fraction of sp³-hybridized carbons (Fsp3) is 0.368.